The summed E-state index contributed by atoms with van der Waals surface area (Å²) in [5, 5.41) is 2.57. The molecule has 0 aromatic heterocycles. The fourth-order valence-electron chi connectivity index (χ4n) is 2.78. The van der Waals surface area contributed by atoms with Crippen LogP contribution in [0.4, 0.5) is 0 Å². The van der Waals surface area contributed by atoms with E-state index in [0.29, 0.717) is 0 Å². The van der Waals surface area contributed by atoms with Gasteiger partial charge in [0, 0.05) is 0 Å². The average molecular weight is 295 g/mol. The van der Waals surface area contributed by atoms with Crippen LogP contribution in [0.2, 0.25) is 0 Å². The van der Waals surface area contributed by atoms with Gasteiger partial charge in [-0.25, -0.2) is 0 Å². The van der Waals surface area contributed by atoms with Crippen LogP contribution in [0, 0.1) is 13.8 Å². The first-order valence-electron chi connectivity index (χ1n) is 7.32. The van der Waals surface area contributed by atoms with Crippen molar-refractivity contribution < 1.29 is 0 Å². The first kappa shape index (κ1) is 14.2. The van der Waals surface area contributed by atoms with Crippen molar-refractivity contribution in [2.24, 2.45) is 0 Å². The maximum Gasteiger partial charge on any atom is 0.0628 e. The van der Waals surface area contributed by atoms with Gasteiger partial charge >= 0.3 is 0 Å². The standard InChI is InChI=1S/C20H19Cl/c1-14-7-8-15(2)19(11-14)20(21)13-16-9-10-17-5-3-4-6-18(17)12-16/h3-12,20H,13H2,1-2H3. The van der Waals surface area contributed by atoms with Crippen molar-refractivity contribution in [2.75, 3.05) is 0 Å². The van der Waals surface area contributed by atoms with E-state index >= 15 is 0 Å². The second-order valence-corrected chi connectivity index (χ2v) is 6.24. The molecule has 0 aliphatic rings. The number of aryl methyl sites for hydroxylation is 2. The van der Waals surface area contributed by atoms with E-state index in [1.807, 2.05) is 0 Å². The molecule has 3 aromatic carbocycles. The Morgan fingerprint density at radius 3 is 2.43 bits per heavy atom. The van der Waals surface area contributed by atoms with Crippen LogP contribution in [0.15, 0.2) is 60.7 Å². The normalized spacial score (nSPS) is 12.5. The molecule has 106 valence electrons. The van der Waals surface area contributed by atoms with Gasteiger partial charge in [0.15, 0.2) is 0 Å². The smallest absolute Gasteiger partial charge is 0.0628 e. The molecule has 0 aliphatic heterocycles. The summed E-state index contributed by atoms with van der Waals surface area (Å²) in [4.78, 5) is 0. The molecule has 0 aliphatic carbocycles. The van der Waals surface area contributed by atoms with Crippen molar-refractivity contribution in [2.45, 2.75) is 25.6 Å². The van der Waals surface area contributed by atoms with Crippen LogP contribution in [0.3, 0.4) is 0 Å². The first-order valence-corrected chi connectivity index (χ1v) is 7.76. The molecule has 0 heterocycles. The summed E-state index contributed by atoms with van der Waals surface area (Å²) < 4.78 is 0. The molecular formula is C20H19Cl. The monoisotopic (exact) mass is 294 g/mol. The highest BCUT2D eigenvalue weighted by atomic mass is 35.5. The number of benzene rings is 3. The van der Waals surface area contributed by atoms with E-state index in [9.17, 15) is 0 Å². The third-order valence-corrected chi connectivity index (χ3v) is 4.39. The predicted molar refractivity (Wildman–Crippen MR) is 92.2 cm³/mol. The molecule has 0 bridgehead atoms. The van der Waals surface area contributed by atoms with E-state index < -0.39 is 0 Å². The fourth-order valence-corrected chi connectivity index (χ4v) is 3.19. The number of hydrogen-bond donors (Lipinski definition) is 0. The van der Waals surface area contributed by atoms with Gasteiger partial charge in [0.05, 0.1) is 5.38 Å². The molecule has 0 N–H and O–H groups in total. The van der Waals surface area contributed by atoms with Gasteiger partial charge in [0.1, 0.15) is 0 Å². The highest BCUT2D eigenvalue weighted by molar-refractivity contribution is 6.21. The SMILES string of the molecule is Cc1ccc(C)c(C(Cl)Cc2ccc3ccccc3c2)c1. The van der Waals surface area contributed by atoms with Gasteiger partial charge in [-0.05, 0) is 47.7 Å². The molecule has 0 fully saturated rings. The molecule has 1 atom stereocenters. The third kappa shape index (κ3) is 3.11. The van der Waals surface area contributed by atoms with Gasteiger partial charge in [-0.3, -0.25) is 0 Å². The zero-order chi connectivity index (χ0) is 14.8. The molecule has 3 aromatic rings. The quantitative estimate of drug-likeness (QED) is 0.521. The number of fused-ring (bicyclic) bond motifs is 1. The third-order valence-electron chi connectivity index (χ3n) is 4.00. The van der Waals surface area contributed by atoms with E-state index in [2.05, 4.69) is 74.5 Å². The lowest BCUT2D eigenvalue weighted by molar-refractivity contribution is 0.909. The first-order chi connectivity index (χ1) is 10.1. The minimum absolute atomic E-state index is 0.0195. The Morgan fingerprint density at radius 1 is 0.857 bits per heavy atom. The molecule has 21 heavy (non-hydrogen) atoms. The minimum Gasteiger partial charge on any atom is -0.117 e. The highest BCUT2D eigenvalue weighted by Crippen LogP contribution is 2.29. The molecule has 0 saturated heterocycles. The molecule has 0 nitrogen and oxygen atoms in total. The average Bonchev–Trinajstić information content (AvgIpc) is 2.49. The van der Waals surface area contributed by atoms with Crippen LogP contribution in [0.1, 0.15) is 27.6 Å². The number of alkyl halides is 1. The Balaban J connectivity index is 1.88. The Hall–Kier alpha value is -1.79. The largest absolute Gasteiger partial charge is 0.117 e. The van der Waals surface area contributed by atoms with E-state index in [1.54, 1.807) is 0 Å². The van der Waals surface area contributed by atoms with Gasteiger partial charge in [-0.2, -0.15) is 0 Å². The topological polar surface area (TPSA) is 0 Å². The summed E-state index contributed by atoms with van der Waals surface area (Å²) in [7, 11) is 0. The number of rotatable bonds is 3. The van der Waals surface area contributed by atoms with E-state index in [1.165, 1.54) is 33.0 Å². The predicted octanol–water partition coefficient (Wildman–Crippen LogP) is 5.98. The maximum absolute atomic E-state index is 6.67. The van der Waals surface area contributed by atoms with Crippen LogP contribution >= 0.6 is 11.6 Å². The molecule has 0 spiro atoms. The van der Waals surface area contributed by atoms with Crippen LogP contribution in [-0.2, 0) is 6.42 Å². The van der Waals surface area contributed by atoms with Crippen molar-refractivity contribution in [3.8, 4) is 0 Å². The highest BCUT2D eigenvalue weighted by Gasteiger charge is 2.12. The summed E-state index contributed by atoms with van der Waals surface area (Å²) in [6.45, 7) is 4.24. The van der Waals surface area contributed by atoms with Crippen molar-refractivity contribution in [1.29, 1.82) is 0 Å². The lowest BCUT2D eigenvalue weighted by Gasteiger charge is -2.14. The van der Waals surface area contributed by atoms with Crippen molar-refractivity contribution >= 4 is 22.4 Å². The second kappa shape index (κ2) is 5.91. The second-order valence-electron chi connectivity index (χ2n) is 5.71. The van der Waals surface area contributed by atoms with Gasteiger partial charge in [0.25, 0.3) is 0 Å². The van der Waals surface area contributed by atoms with E-state index in [0.717, 1.165) is 6.42 Å². The van der Waals surface area contributed by atoms with Crippen LogP contribution in [0.5, 0.6) is 0 Å². The van der Waals surface area contributed by atoms with Gasteiger partial charge in [-0.1, -0.05) is 66.2 Å². The van der Waals surface area contributed by atoms with E-state index in [4.69, 9.17) is 11.6 Å². The minimum atomic E-state index is 0.0195. The zero-order valence-electron chi connectivity index (χ0n) is 12.4. The van der Waals surface area contributed by atoms with Crippen molar-refractivity contribution in [1.82, 2.24) is 0 Å². The van der Waals surface area contributed by atoms with Crippen molar-refractivity contribution in [3.05, 3.63) is 82.9 Å². The number of hydrogen-bond acceptors (Lipinski definition) is 0. The summed E-state index contributed by atoms with van der Waals surface area (Å²) >= 11 is 6.67. The van der Waals surface area contributed by atoms with Crippen LogP contribution in [0.25, 0.3) is 10.8 Å². The van der Waals surface area contributed by atoms with Gasteiger partial charge in [-0.15, -0.1) is 11.6 Å². The maximum atomic E-state index is 6.67. The lowest BCUT2D eigenvalue weighted by Crippen LogP contribution is -1.99. The lowest BCUT2D eigenvalue weighted by atomic mass is 9.97. The molecular weight excluding hydrogens is 276 g/mol. The van der Waals surface area contributed by atoms with Gasteiger partial charge in [0.2, 0.25) is 0 Å². The van der Waals surface area contributed by atoms with Crippen molar-refractivity contribution in [3.63, 3.8) is 0 Å². The summed E-state index contributed by atoms with van der Waals surface area (Å²) in [6.07, 6.45) is 0.858. The molecule has 1 unspecified atom stereocenters. The molecule has 0 saturated carbocycles. The van der Waals surface area contributed by atoms with Crippen LogP contribution in [-0.4, -0.2) is 0 Å². The Kier molecular flexibility index (Phi) is 3.98. The summed E-state index contributed by atoms with van der Waals surface area (Å²) in [6, 6.07) is 21.5. The van der Waals surface area contributed by atoms with Gasteiger partial charge < -0.3 is 0 Å². The molecule has 3 rings (SSSR count). The fraction of sp³-hybridized carbons (Fsp3) is 0.200. The summed E-state index contributed by atoms with van der Waals surface area (Å²) in [5.74, 6) is 0. The summed E-state index contributed by atoms with van der Waals surface area (Å²) in [5.41, 5.74) is 5.06. The molecule has 0 amide bonds. The Morgan fingerprint density at radius 2 is 1.62 bits per heavy atom. The zero-order valence-corrected chi connectivity index (χ0v) is 13.2. The number of halogens is 1. The molecule has 0 radical (unpaired) electrons. The Labute approximate surface area is 131 Å². The molecule has 1 heteroatoms. The Bertz CT molecular complexity index is 774. The van der Waals surface area contributed by atoms with E-state index in [-0.39, 0.29) is 5.38 Å². The van der Waals surface area contributed by atoms with Crippen LogP contribution < -0.4 is 0 Å².